The van der Waals surface area contributed by atoms with E-state index in [-0.39, 0.29) is 32.2 Å². The van der Waals surface area contributed by atoms with Crippen LogP contribution in [0.15, 0.2) is 0 Å². The van der Waals surface area contributed by atoms with Gasteiger partial charge in [-0.3, -0.25) is 18.6 Å². The van der Waals surface area contributed by atoms with E-state index in [1.807, 2.05) is 0 Å². The van der Waals surface area contributed by atoms with Crippen molar-refractivity contribution in [1.29, 1.82) is 0 Å². The zero-order valence-electron chi connectivity index (χ0n) is 32.1. The van der Waals surface area contributed by atoms with E-state index in [1.165, 1.54) is 109 Å². The van der Waals surface area contributed by atoms with E-state index in [0.29, 0.717) is 13.0 Å². The summed E-state index contributed by atoms with van der Waals surface area (Å²) in [6.07, 6.45) is 29.3. The number of nitrogens with zero attached hydrogens (tertiary/aromatic N) is 1. The first-order valence-electron chi connectivity index (χ1n) is 20.5. The van der Waals surface area contributed by atoms with Gasteiger partial charge in [0.15, 0.2) is 6.10 Å². The number of rotatable bonds is 34. The van der Waals surface area contributed by atoms with Gasteiger partial charge in [-0.05, 0) is 32.1 Å². The molecule has 0 bridgehead atoms. The highest BCUT2D eigenvalue weighted by molar-refractivity contribution is 7.47. The van der Waals surface area contributed by atoms with Gasteiger partial charge < -0.3 is 18.9 Å². The second kappa shape index (κ2) is 30.6. The van der Waals surface area contributed by atoms with Crippen LogP contribution in [0.25, 0.3) is 0 Å². The third-order valence-corrected chi connectivity index (χ3v) is 10.9. The fraction of sp³-hybridized carbons (Fsp3) is 0.949. The Bertz CT molecular complexity index is 851. The minimum Gasteiger partial charge on any atom is -0.462 e. The quantitative estimate of drug-likeness (QED) is 0.0303. The Morgan fingerprint density at radius 1 is 0.612 bits per heavy atom. The molecule has 10 heteroatoms. The van der Waals surface area contributed by atoms with E-state index in [2.05, 4.69) is 20.9 Å². The van der Waals surface area contributed by atoms with Crippen LogP contribution in [0.4, 0.5) is 0 Å². The Labute approximate surface area is 301 Å². The minimum absolute atomic E-state index is 0.0987. The Morgan fingerprint density at radius 3 is 1.51 bits per heavy atom. The summed E-state index contributed by atoms with van der Waals surface area (Å²) in [4.78, 5) is 35.5. The van der Waals surface area contributed by atoms with Crippen LogP contribution in [-0.2, 0) is 32.7 Å². The molecule has 0 spiro atoms. The number of likely N-dealkylation sites (tertiary alicyclic amines) is 1. The van der Waals surface area contributed by atoms with Gasteiger partial charge in [0.2, 0.25) is 0 Å². The summed E-state index contributed by atoms with van der Waals surface area (Å²) in [5.41, 5.74) is 0. The van der Waals surface area contributed by atoms with Crippen molar-refractivity contribution in [2.24, 2.45) is 0 Å². The lowest BCUT2D eigenvalue weighted by atomic mass is 10.1. The molecule has 2 unspecified atom stereocenters. The number of hydrogen-bond acceptors (Lipinski definition) is 7. The monoisotopic (exact) mass is 719 g/mol. The van der Waals surface area contributed by atoms with Crippen LogP contribution in [0.2, 0.25) is 0 Å². The maximum Gasteiger partial charge on any atom is 0.472 e. The lowest BCUT2D eigenvalue weighted by Crippen LogP contribution is -2.49. The molecule has 1 rings (SSSR count). The fourth-order valence-electron chi connectivity index (χ4n) is 6.58. The summed E-state index contributed by atoms with van der Waals surface area (Å²) >= 11 is 0. The van der Waals surface area contributed by atoms with Crippen molar-refractivity contribution in [3.05, 3.63) is 0 Å². The molecule has 0 aromatic rings. The highest BCUT2D eigenvalue weighted by atomic mass is 31.2. The van der Waals surface area contributed by atoms with E-state index in [4.69, 9.17) is 18.5 Å². The second-order valence-corrected chi connectivity index (χ2v) is 16.3. The first-order chi connectivity index (χ1) is 23.7. The van der Waals surface area contributed by atoms with E-state index in [1.54, 1.807) is 0 Å². The highest BCUT2D eigenvalue weighted by Gasteiger charge is 2.29. The molecule has 9 nitrogen and oxygen atoms in total. The van der Waals surface area contributed by atoms with Crippen molar-refractivity contribution in [1.82, 2.24) is 0 Å². The van der Waals surface area contributed by atoms with E-state index >= 15 is 0 Å². The van der Waals surface area contributed by atoms with Gasteiger partial charge in [-0.2, -0.15) is 0 Å². The van der Waals surface area contributed by atoms with Gasteiger partial charge in [-0.15, -0.1) is 0 Å². The molecule has 0 aliphatic carbocycles. The van der Waals surface area contributed by atoms with E-state index in [0.717, 1.165) is 68.9 Å². The molecule has 290 valence electrons. The number of quaternary nitrogens is 1. The fourth-order valence-corrected chi connectivity index (χ4v) is 7.32. The Balaban J connectivity index is 2.39. The van der Waals surface area contributed by atoms with Crippen molar-refractivity contribution in [3.8, 4) is 0 Å². The van der Waals surface area contributed by atoms with Gasteiger partial charge in [0.1, 0.15) is 19.8 Å². The molecule has 1 saturated heterocycles. The van der Waals surface area contributed by atoms with Crippen LogP contribution in [-0.4, -0.2) is 73.9 Å². The first-order valence-corrected chi connectivity index (χ1v) is 22.0. The van der Waals surface area contributed by atoms with Crippen LogP contribution in [0.1, 0.15) is 187 Å². The molecule has 0 radical (unpaired) electrons. The SMILES string of the molecule is CCCCCCCCCCCCCC(=O)OCC(COP(=O)(O)OCC[N+]1(C)CCCCC1)OC(=O)CCCCCCCCCCCCC. The van der Waals surface area contributed by atoms with Gasteiger partial charge in [0, 0.05) is 12.8 Å². The number of piperidine rings is 1. The van der Waals surface area contributed by atoms with Crippen LogP contribution >= 0.6 is 7.82 Å². The van der Waals surface area contributed by atoms with Crippen molar-refractivity contribution in [2.75, 3.05) is 46.5 Å². The highest BCUT2D eigenvalue weighted by Crippen LogP contribution is 2.43. The molecule has 1 fully saturated rings. The molecule has 0 aromatic carbocycles. The number of phosphoric acid groups is 1. The number of esters is 2. The van der Waals surface area contributed by atoms with Crippen molar-refractivity contribution >= 4 is 19.8 Å². The maximum atomic E-state index is 12.7. The average molecular weight is 719 g/mol. The molecule has 0 aromatic heterocycles. The number of hydrogen-bond donors (Lipinski definition) is 1. The molecular formula is C39H77NO8P+. The zero-order chi connectivity index (χ0) is 35.9. The number of likely N-dealkylation sites (N-methyl/N-ethyl adjacent to an activating group) is 1. The van der Waals surface area contributed by atoms with Crippen molar-refractivity contribution < 1.29 is 42.1 Å². The number of phosphoric ester groups is 1. The molecule has 0 amide bonds. The Hall–Kier alpha value is -0.990. The van der Waals surface area contributed by atoms with Crippen LogP contribution in [0.3, 0.4) is 0 Å². The van der Waals surface area contributed by atoms with Gasteiger partial charge in [0.25, 0.3) is 0 Å². The maximum absolute atomic E-state index is 12.7. The van der Waals surface area contributed by atoms with E-state index in [9.17, 15) is 19.0 Å². The number of ether oxygens (including phenoxy) is 2. The third-order valence-electron chi connectivity index (χ3n) is 9.90. The third kappa shape index (κ3) is 28.3. The molecule has 0 saturated carbocycles. The molecule has 1 aliphatic rings. The molecule has 2 atom stereocenters. The largest absolute Gasteiger partial charge is 0.472 e. The van der Waals surface area contributed by atoms with Crippen molar-refractivity contribution in [2.45, 2.75) is 193 Å². The molecule has 1 aliphatic heterocycles. The summed E-state index contributed by atoms with van der Waals surface area (Å²) in [7, 11) is -2.23. The summed E-state index contributed by atoms with van der Waals surface area (Å²) in [6, 6.07) is 0. The van der Waals surface area contributed by atoms with Gasteiger partial charge in [-0.1, -0.05) is 142 Å². The number of unbranched alkanes of at least 4 members (excludes halogenated alkanes) is 20. The zero-order valence-corrected chi connectivity index (χ0v) is 33.0. The molecule has 49 heavy (non-hydrogen) atoms. The Kier molecular flexibility index (Phi) is 28.8. The lowest BCUT2D eigenvalue weighted by molar-refractivity contribution is -0.914. The molecule has 1 heterocycles. The van der Waals surface area contributed by atoms with Crippen LogP contribution < -0.4 is 0 Å². The average Bonchev–Trinajstić information content (AvgIpc) is 3.07. The summed E-state index contributed by atoms with van der Waals surface area (Å²) in [6.45, 7) is 6.67. The Morgan fingerprint density at radius 2 is 1.04 bits per heavy atom. The smallest absolute Gasteiger partial charge is 0.462 e. The lowest BCUT2D eigenvalue weighted by Gasteiger charge is -2.37. The van der Waals surface area contributed by atoms with E-state index < -0.39 is 19.9 Å². The number of carbonyl (C=O) groups is 2. The minimum atomic E-state index is -4.37. The van der Waals surface area contributed by atoms with Crippen LogP contribution in [0, 0.1) is 0 Å². The summed E-state index contributed by atoms with van der Waals surface area (Å²) in [5, 5.41) is 0. The first kappa shape index (κ1) is 46.0. The predicted octanol–water partition coefficient (Wildman–Crippen LogP) is 10.6. The molecule has 1 N–H and O–H groups in total. The van der Waals surface area contributed by atoms with Gasteiger partial charge >= 0.3 is 19.8 Å². The van der Waals surface area contributed by atoms with Gasteiger partial charge in [-0.25, -0.2) is 4.57 Å². The predicted molar refractivity (Wildman–Crippen MR) is 199 cm³/mol. The van der Waals surface area contributed by atoms with Crippen LogP contribution in [0.5, 0.6) is 0 Å². The topological polar surface area (TPSA) is 108 Å². The molecular weight excluding hydrogens is 641 g/mol. The second-order valence-electron chi connectivity index (χ2n) is 14.8. The number of carbonyl (C=O) groups excluding carboxylic acids is 2. The summed E-state index contributed by atoms with van der Waals surface area (Å²) < 4.78 is 35.0. The standard InChI is InChI=1S/C39H76NO8P/c1-4-6-8-10-12-14-16-18-20-22-25-29-38(41)45-35-37(36-47-49(43,44)46-34-33-40(3)31-27-24-28-32-40)48-39(42)30-26-23-21-19-17-15-13-11-9-7-5-2/h37H,4-36H2,1-3H3/p+1. The normalized spacial score (nSPS) is 16.2. The van der Waals surface area contributed by atoms with Crippen molar-refractivity contribution in [3.63, 3.8) is 0 Å². The summed E-state index contributed by atoms with van der Waals surface area (Å²) in [5.74, 6) is -0.772. The van der Waals surface area contributed by atoms with Gasteiger partial charge in [0.05, 0.1) is 26.7 Å².